The van der Waals surface area contributed by atoms with Gasteiger partial charge >= 0.3 is 11.9 Å². The molecule has 0 unspecified atom stereocenters. The Bertz CT molecular complexity index is 2560. The number of anilines is 2. The van der Waals surface area contributed by atoms with Crippen molar-refractivity contribution < 1.29 is 48.5 Å². The predicted molar refractivity (Wildman–Crippen MR) is 216 cm³/mol. The van der Waals surface area contributed by atoms with Crippen LogP contribution in [0.5, 0.6) is 23.0 Å². The van der Waals surface area contributed by atoms with Crippen LogP contribution in [0.1, 0.15) is 100.0 Å². The molecule has 6 aromatic carbocycles. The second-order valence-electron chi connectivity index (χ2n) is 14.4. The Kier molecular flexibility index (Phi) is 9.61. The van der Waals surface area contributed by atoms with Gasteiger partial charge in [0.25, 0.3) is 23.6 Å². The van der Waals surface area contributed by atoms with Crippen LogP contribution in [0.15, 0.2) is 133 Å². The fourth-order valence-corrected chi connectivity index (χ4v) is 7.60. The van der Waals surface area contributed by atoms with Crippen molar-refractivity contribution in [3.05, 3.63) is 178 Å². The van der Waals surface area contributed by atoms with Crippen molar-refractivity contribution in [2.75, 3.05) is 9.80 Å². The third-order valence-corrected chi connectivity index (χ3v) is 10.6. The number of imide groups is 2. The largest absolute Gasteiger partial charge is 0.478 e. The zero-order chi connectivity index (χ0) is 41.6. The number of carbonyl (C=O) groups is 6. The fourth-order valence-electron chi connectivity index (χ4n) is 7.60. The monoisotopic (exact) mass is 786 g/mol. The Morgan fingerprint density at radius 2 is 0.881 bits per heavy atom. The highest BCUT2D eigenvalue weighted by Gasteiger charge is 2.39. The molecule has 0 aliphatic carbocycles. The molecule has 12 nitrogen and oxygen atoms in total. The Labute approximate surface area is 337 Å². The SMILES string of the molecule is CCCC(C)(c1ccc(Oc2ccc3c(c2)C(=O)N(c2cccc(C(=O)O)c2)C3=O)cc1)c1ccc(Oc2ccc3c(c2)C(=O)N(c2cccc(C(=O)O)c2)C3=O)cc1. The number of benzene rings is 6. The van der Waals surface area contributed by atoms with E-state index < -0.39 is 41.0 Å². The highest BCUT2D eigenvalue weighted by Crippen LogP contribution is 2.40. The molecule has 292 valence electrons. The van der Waals surface area contributed by atoms with E-state index in [1.54, 1.807) is 12.1 Å². The Hall–Kier alpha value is -7.86. The van der Waals surface area contributed by atoms with Crippen LogP contribution in [0, 0.1) is 0 Å². The summed E-state index contributed by atoms with van der Waals surface area (Å²) in [6.45, 7) is 4.27. The van der Waals surface area contributed by atoms with Gasteiger partial charge in [0.1, 0.15) is 23.0 Å². The summed E-state index contributed by atoms with van der Waals surface area (Å²) in [6.07, 6.45) is 1.72. The summed E-state index contributed by atoms with van der Waals surface area (Å²) in [5.74, 6) is -2.84. The third kappa shape index (κ3) is 6.86. The van der Waals surface area contributed by atoms with Crippen LogP contribution in [0.3, 0.4) is 0 Å². The molecule has 2 heterocycles. The van der Waals surface area contributed by atoms with Crippen LogP contribution in [-0.2, 0) is 5.41 Å². The molecule has 2 N–H and O–H groups in total. The standard InChI is InChI=1S/C47H34N2O10/c1-3-22-47(2,29-10-14-33(15-11-29)58-35-18-20-37-39(25-35)43(52)48(41(37)50)31-8-4-6-27(23-31)45(54)55)30-12-16-34(17-13-30)59-36-19-21-38-40(26-36)44(53)49(42(38)51)32-9-5-7-28(24-32)46(56)57/h4-21,23-26H,3,22H2,1-2H3,(H,54,55)(H,56,57). The zero-order valence-corrected chi connectivity index (χ0v) is 31.7. The smallest absolute Gasteiger partial charge is 0.335 e. The van der Waals surface area contributed by atoms with Gasteiger partial charge in [0.15, 0.2) is 0 Å². The Morgan fingerprint density at radius 1 is 0.508 bits per heavy atom. The second kappa shape index (κ2) is 14.9. The molecule has 59 heavy (non-hydrogen) atoms. The predicted octanol–water partition coefficient (Wildman–Crippen LogP) is 9.37. The van der Waals surface area contributed by atoms with E-state index in [0.29, 0.717) is 23.0 Å². The quantitative estimate of drug-likeness (QED) is 0.114. The minimum absolute atomic E-state index is 0.0437. The van der Waals surface area contributed by atoms with Gasteiger partial charge in [0.2, 0.25) is 0 Å². The van der Waals surface area contributed by atoms with Crippen molar-refractivity contribution in [1.82, 2.24) is 0 Å². The van der Waals surface area contributed by atoms with Crippen LogP contribution in [0.2, 0.25) is 0 Å². The molecule has 2 aliphatic heterocycles. The lowest BCUT2D eigenvalue weighted by Gasteiger charge is -2.31. The number of hydrogen-bond acceptors (Lipinski definition) is 8. The number of carboxylic acids is 2. The normalized spacial score (nSPS) is 13.4. The van der Waals surface area contributed by atoms with Gasteiger partial charge in [0.05, 0.1) is 44.8 Å². The van der Waals surface area contributed by atoms with E-state index in [1.807, 2.05) is 48.5 Å². The summed E-state index contributed by atoms with van der Waals surface area (Å²) in [6, 6.07) is 35.9. The van der Waals surface area contributed by atoms with E-state index in [-0.39, 0.29) is 44.8 Å². The van der Waals surface area contributed by atoms with E-state index in [4.69, 9.17) is 9.47 Å². The molecule has 0 saturated carbocycles. The maximum Gasteiger partial charge on any atom is 0.335 e. The van der Waals surface area contributed by atoms with E-state index in [0.717, 1.165) is 33.8 Å². The molecule has 0 bridgehead atoms. The molecule has 0 atom stereocenters. The van der Waals surface area contributed by atoms with Gasteiger partial charge in [0, 0.05) is 5.41 Å². The average Bonchev–Trinajstić information content (AvgIpc) is 3.64. The molecular formula is C47H34N2O10. The highest BCUT2D eigenvalue weighted by atomic mass is 16.5. The first-order chi connectivity index (χ1) is 28.4. The Morgan fingerprint density at radius 3 is 1.25 bits per heavy atom. The number of ether oxygens (including phenoxy) is 2. The number of aromatic carboxylic acids is 2. The van der Waals surface area contributed by atoms with Gasteiger partial charge in [-0.3, -0.25) is 19.2 Å². The number of carboxylic acid groups (broad SMARTS) is 2. The van der Waals surface area contributed by atoms with Crippen LogP contribution in [-0.4, -0.2) is 45.8 Å². The van der Waals surface area contributed by atoms with Crippen LogP contribution < -0.4 is 19.3 Å². The van der Waals surface area contributed by atoms with Gasteiger partial charge < -0.3 is 19.7 Å². The van der Waals surface area contributed by atoms with Crippen LogP contribution in [0.25, 0.3) is 0 Å². The molecule has 0 radical (unpaired) electrons. The number of carbonyl (C=O) groups excluding carboxylic acids is 4. The summed E-state index contributed by atoms with van der Waals surface area (Å²) < 4.78 is 12.3. The number of fused-ring (bicyclic) bond motifs is 2. The van der Waals surface area contributed by atoms with Crippen LogP contribution in [0.4, 0.5) is 11.4 Å². The first kappa shape index (κ1) is 38.0. The molecular weight excluding hydrogens is 753 g/mol. The summed E-state index contributed by atoms with van der Waals surface area (Å²) in [5, 5.41) is 18.8. The number of amides is 4. The molecule has 0 spiro atoms. The number of hydrogen-bond donors (Lipinski definition) is 2. The minimum Gasteiger partial charge on any atom is -0.478 e. The van der Waals surface area contributed by atoms with E-state index >= 15 is 0 Å². The molecule has 6 aromatic rings. The first-order valence-corrected chi connectivity index (χ1v) is 18.7. The maximum absolute atomic E-state index is 13.4. The summed E-state index contributed by atoms with van der Waals surface area (Å²) in [7, 11) is 0. The zero-order valence-electron chi connectivity index (χ0n) is 31.7. The van der Waals surface area contributed by atoms with Crippen molar-refractivity contribution in [3.8, 4) is 23.0 Å². The van der Waals surface area contributed by atoms with Crippen LogP contribution >= 0.6 is 0 Å². The minimum atomic E-state index is -1.17. The molecule has 0 aromatic heterocycles. The van der Waals surface area contributed by atoms with E-state index in [9.17, 15) is 39.0 Å². The van der Waals surface area contributed by atoms with Crippen molar-refractivity contribution >= 4 is 46.9 Å². The van der Waals surface area contributed by atoms with E-state index in [2.05, 4.69) is 13.8 Å². The molecule has 0 saturated heterocycles. The summed E-state index contributed by atoms with van der Waals surface area (Å²) in [5.41, 5.74) is 2.61. The molecule has 2 aliphatic rings. The van der Waals surface area contributed by atoms with Gasteiger partial charge in [-0.1, -0.05) is 56.7 Å². The maximum atomic E-state index is 13.4. The lowest BCUT2D eigenvalue weighted by atomic mass is 9.73. The highest BCUT2D eigenvalue weighted by molar-refractivity contribution is 6.35. The third-order valence-electron chi connectivity index (χ3n) is 10.6. The van der Waals surface area contributed by atoms with Gasteiger partial charge in [-0.05, 0) is 115 Å². The fraction of sp³-hybridized carbons (Fsp3) is 0.106. The molecule has 0 fully saturated rings. The molecule has 4 amide bonds. The van der Waals surface area contributed by atoms with Crippen molar-refractivity contribution in [2.45, 2.75) is 32.1 Å². The second-order valence-corrected chi connectivity index (χ2v) is 14.4. The van der Waals surface area contributed by atoms with Gasteiger partial charge in [-0.2, -0.15) is 0 Å². The van der Waals surface area contributed by atoms with Gasteiger partial charge in [-0.15, -0.1) is 0 Å². The topological polar surface area (TPSA) is 168 Å². The lowest BCUT2D eigenvalue weighted by Crippen LogP contribution is -2.29. The number of nitrogens with zero attached hydrogens (tertiary/aromatic N) is 2. The van der Waals surface area contributed by atoms with Crippen molar-refractivity contribution in [3.63, 3.8) is 0 Å². The Balaban J connectivity index is 0.962. The molecule has 12 heteroatoms. The summed E-state index contributed by atoms with van der Waals surface area (Å²) in [4.78, 5) is 77.9. The average molecular weight is 787 g/mol. The summed E-state index contributed by atoms with van der Waals surface area (Å²) >= 11 is 0. The number of rotatable bonds is 12. The molecule has 8 rings (SSSR count). The van der Waals surface area contributed by atoms with Crippen molar-refractivity contribution in [2.24, 2.45) is 0 Å². The van der Waals surface area contributed by atoms with E-state index in [1.165, 1.54) is 72.8 Å². The lowest BCUT2D eigenvalue weighted by molar-refractivity contribution is 0.0686. The van der Waals surface area contributed by atoms with Gasteiger partial charge in [-0.25, -0.2) is 19.4 Å². The first-order valence-electron chi connectivity index (χ1n) is 18.7. The van der Waals surface area contributed by atoms with Crippen molar-refractivity contribution in [1.29, 1.82) is 0 Å².